The van der Waals surface area contributed by atoms with Gasteiger partial charge in [0.25, 0.3) is 0 Å². The molecule has 0 saturated heterocycles. The molecule has 6 nitrogen and oxygen atoms in total. The number of phenolic OH excluding ortho intramolecular Hbond substituents is 3. The first kappa shape index (κ1) is 44.0. The van der Waals surface area contributed by atoms with Crippen molar-refractivity contribution in [3.63, 3.8) is 0 Å². The van der Waals surface area contributed by atoms with Gasteiger partial charge in [-0.15, -0.1) is 0 Å². The van der Waals surface area contributed by atoms with Crippen LogP contribution in [-0.2, 0) is 0 Å². The third kappa shape index (κ3) is 12.9. The molecule has 0 aliphatic heterocycles. The molecule has 0 atom stereocenters. The Labute approximate surface area is 262 Å². The quantitative estimate of drug-likeness (QED) is 0.201. The third-order valence-electron chi connectivity index (χ3n) is 5.36. The number of phenols is 3. The van der Waals surface area contributed by atoms with Crippen molar-refractivity contribution in [2.45, 2.75) is 69.7 Å². The monoisotopic (exact) mass is 562 g/mol. The van der Waals surface area contributed by atoms with Crippen LogP contribution in [0.4, 0.5) is 0 Å². The Balaban J connectivity index is -0.000000230. The normalized spacial score (nSPS) is 8.97. The van der Waals surface area contributed by atoms with Crippen LogP contribution in [-0.4, -0.2) is 20.8 Å². The van der Waals surface area contributed by atoms with E-state index in [0.717, 1.165) is 38.8 Å². The van der Waals surface area contributed by atoms with E-state index in [9.17, 15) is 15.0 Å². The molecule has 0 aliphatic carbocycles. The number of aryl methyl sites for hydroxylation is 3. The van der Waals surface area contributed by atoms with Crippen molar-refractivity contribution in [3.8, 4) is 17.2 Å². The van der Waals surface area contributed by atoms with Gasteiger partial charge in [0, 0.05) is 23.1 Å². The van der Waals surface area contributed by atoms with Gasteiger partial charge >= 0.3 is 35.2 Å². The summed E-state index contributed by atoms with van der Waals surface area (Å²) < 4.78 is 5.07. The molecule has 0 amide bonds. The SMILES string of the molecule is C.C.C.C=C(C)c1ccc(C)cc1O.CC(C)c1ccc(O)cc1O.Cc1ccc2c(C)cc(=O)oc2c1.[Na+].[OH-]. The number of hydrogen-bond acceptors (Lipinski definition) is 6. The Bertz CT molecular complexity index is 1390. The van der Waals surface area contributed by atoms with Crippen LogP contribution in [0, 0.1) is 20.8 Å². The van der Waals surface area contributed by atoms with Gasteiger partial charge in [-0.3, -0.25) is 0 Å². The molecular weight excluding hydrogens is 515 g/mol. The standard InChI is InChI=1S/C11H10O2.C10H12O.C9H12O2.3CH4.Na.H2O/c1-7-3-4-9-8(2)6-11(12)13-10(9)5-7;1-7(2)9-5-4-8(3)6-10(9)11;1-6(2)8-4-3-7(10)5-9(8)11;;;;;/h3-6H,1-2H3;4-6,11H,1H2,2-3H3;3-6,10-11H,1-2H3;3*1H4;;1H2/q;;;;;;+1;/p-1. The molecule has 4 aromatic rings. The van der Waals surface area contributed by atoms with Gasteiger partial charge in [-0.25, -0.2) is 4.79 Å². The van der Waals surface area contributed by atoms with Crippen LogP contribution in [0.25, 0.3) is 16.5 Å². The van der Waals surface area contributed by atoms with E-state index in [-0.39, 0.29) is 80.4 Å². The van der Waals surface area contributed by atoms with E-state index in [2.05, 4.69) is 6.58 Å². The average Bonchev–Trinajstić information content (AvgIpc) is 2.73. The van der Waals surface area contributed by atoms with E-state index >= 15 is 0 Å². The predicted octanol–water partition coefficient (Wildman–Crippen LogP) is 6.10. The Hall–Kier alpha value is -3.03. The van der Waals surface area contributed by atoms with Gasteiger partial charge in [0.15, 0.2) is 0 Å². The molecule has 4 N–H and O–H groups in total. The van der Waals surface area contributed by atoms with Gasteiger partial charge in [0.05, 0.1) is 0 Å². The van der Waals surface area contributed by atoms with E-state index in [1.807, 2.05) is 71.9 Å². The predicted molar refractivity (Wildman–Crippen MR) is 165 cm³/mol. The number of aromatic hydroxyl groups is 3. The summed E-state index contributed by atoms with van der Waals surface area (Å²) in [4.78, 5) is 11.0. The third-order valence-corrected chi connectivity index (χ3v) is 5.36. The van der Waals surface area contributed by atoms with E-state index in [4.69, 9.17) is 9.52 Å². The summed E-state index contributed by atoms with van der Waals surface area (Å²) in [5.41, 5.74) is 6.10. The minimum Gasteiger partial charge on any atom is -0.870 e. The molecular formula is C33H47NaO6. The summed E-state index contributed by atoms with van der Waals surface area (Å²) in [5, 5.41) is 28.7. The van der Waals surface area contributed by atoms with Crippen molar-refractivity contribution in [1.29, 1.82) is 0 Å². The summed E-state index contributed by atoms with van der Waals surface area (Å²) in [6.07, 6.45) is 0. The van der Waals surface area contributed by atoms with Crippen molar-refractivity contribution in [1.82, 2.24) is 0 Å². The second-order valence-corrected chi connectivity index (χ2v) is 8.95. The maximum atomic E-state index is 11.0. The van der Waals surface area contributed by atoms with E-state index in [1.165, 1.54) is 12.1 Å². The van der Waals surface area contributed by atoms with Crippen LogP contribution in [0.2, 0.25) is 0 Å². The average molecular weight is 563 g/mol. The summed E-state index contributed by atoms with van der Waals surface area (Å²) in [6.45, 7) is 15.5. The van der Waals surface area contributed by atoms with Gasteiger partial charge in [-0.2, -0.15) is 0 Å². The fourth-order valence-electron chi connectivity index (χ4n) is 3.45. The van der Waals surface area contributed by atoms with Crippen LogP contribution in [0.5, 0.6) is 17.2 Å². The van der Waals surface area contributed by atoms with Gasteiger partial charge in [-0.1, -0.05) is 73.0 Å². The number of benzene rings is 3. The molecule has 4 rings (SSSR count). The summed E-state index contributed by atoms with van der Waals surface area (Å²) in [6, 6.07) is 17.6. The Morgan fingerprint density at radius 1 is 0.800 bits per heavy atom. The molecule has 216 valence electrons. The molecule has 1 aromatic heterocycles. The van der Waals surface area contributed by atoms with Gasteiger partial charge in [0.1, 0.15) is 22.8 Å². The van der Waals surface area contributed by atoms with Crippen LogP contribution >= 0.6 is 0 Å². The summed E-state index contributed by atoms with van der Waals surface area (Å²) in [7, 11) is 0. The van der Waals surface area contributed by atoms with Crippen LogP contribution in [0.3, 0.4) is 0 Å². The van der Waals surface area contributed by atoms with Crippen molar-refractivity contribution in [3.05, 3.63) is 105 Å². The van der Waals surface area contributed by atoms with Crippen molar-refractivity contribution in [2.24, 2.45) is 0 Å². The Kier molecular flexibility index (Phi) is 21.9. The molecule has 0 radical (unpaired) electrons. The smallest absolute Gasteiger partial charge is 0.870 e. The number of allylic oxidation sites excluding steroid dienone is 1. The molecule has 0 bridgehead atoms. The molecule has 0 aliphatic rings. The maximum absolute atomic E-state index is 11.0. The second kappa shape index (κ2) is 19.9. The molecule has 0 fully saturated rings. The first-order valence-electron chi connectivity index (χ1n) is 11.4. The van der Waals surface area contributed by atoms with Crippen LogP contribution < -0.4 is 35.2 Å². The second-order valence-electron chi connectivity index (χ2n) is 8.95. The topological polar surface area (TPSA) is 121 Å². The first-order valence-corrected chi connectivity index (χ1v) is 11.4. The zero-order valence-corrected chi connectivity index (χ0v) is 24.7. The Morgan fingerprint density at radius 3 is 1.85 bits per heavy atom. The molecule has 40 heavy (non-hydrogen) atoms. The molecule has 0 spiro atoms. The largest absolute Gasteiger partial charge is 1.00 e. The zero-order chi connectivity index (χ0) is 26.3. The molecule has 7 heteroatoms. The van der Waals surface area contributed by atoms with E-state index < -0.39 is 0 Å². The minimum absolute atomic E-state index is 0. The summed E-state index contributed by atoms with van der Waals surface area (Å²) in [5.74, 6) is 0.875. The Morgan fingerprint density at radius 2 is 1.35 bits per heavy atom. The van der Waals surface area contributed by atoms with Crippen LogP contribution in [0.15, 0.2) is 76.5 Å². The minimum atomic E-state index is -0.282. The summed E-state index contributed by atoms with van der Waals surface area (Å²) >= 11 is 0. The first-order chi connectivity index (χ1) is 16.4. The van der Waals surface area contributed by atoms with Gasteiger partial charge in [-0.05, 0) is 79.6 Å². The fraction of sp³-hybridized carbons (Fsp3) is 0.303. The van der Waals surface area contributed by atoms with Gasteiger partial charge < -0.3 is 25.2 Å². The van der Waals surface area contributed by atoms with Crippen molar-refractivity contribution in [2.75, 3.05) is 0 Å². The number of hydrogen-bond donors (Lipinski definition) is 3. The number of fused-ring (bicyclic) bond motifs is 1. The number of rotatable bonds is 2. The molecule has 3 aromatic carbocycles. The van der Waals surface area contributed by atoms with E-state index in [0.29, 0.717) is 11.3 Å². The molecule has 0 unspecified atom stereocenters. The van der Waals surface area contributed by atoms with E-state index in [1.54, 1.807) is 18.2 Å². The zero-order valence-electron chi connectivity index (χ0n) is 22.7. The fourth-order valence-corrected chi connectivity index (χ4v) is 3.45. The van der Waals surface area contributed by atoms with Crippen LogP contribution in [0.1, 0.15) is 76.8 Å². The van der Waals surface area contributed by atoms with Crippen molar-refractivity contribution >= 4 is 16.5 Å². The van der Waals surface area contributed by atoms with Crippen molar-refractivity contribution < 1.29 is 54.8 Å². The van der Waals surface area contributed by atoms with Gasteiger partial charge in [0.2, 0.25) is 0 Å². The maximum Gasteiger partial charge on any atom is 1.00 e. The molecule has 0 saturated carbocycles. The molecule has 1 heterocycles.